The van der Waals surface area contributed by atoms with E-state index < -0.39 is 5.97 Å². The maximum Gasteiger partial charge on any atom is 0.353 e. The third-order valence-electron chi connectivity index (χ3n) is 1.76. The van der Waals surface area contributed by atoms with Crippen LogP contribution in [0.3, 0.4) is 0 Å². The Bertz CT molecular complexity index is 478. The summed E-state index contributed by atoms with van der Waals surface area (Å²) >= 11 is 3.21. The molecule has 4 nitrogen and oxygen atoms in total. The van der Waals surface area contributed by atoms with Crippen LogP contribution in [-0.4, -0.2) is 21.0 Å². The van der Waals surface area contributed by atoms with Gasteiger partial charge in [0, 0.05) is 23.2 Å². The topological polar surface area (TPSA) is 66.0 Å². The summed E-state index contributed by atoms with van der Waals surface area (Å²) in [6, 6.07) is 1.76. The van der Waals surface area contributed by atoms with Crippen molar-refractivity contribution >= 4 is 32.7 Å². The molecular weight excluding hydrogens is 236 g/mol. The van der Waals surface area contributed by atoms with E-state index in [0.29, 0.717) is 9.99 Å². The SMILES string of the molecule is O=C(O)c1[nH]cc2cc(Br)ncc12. The number of aromatic amines is 1. The fraction of sp³-hybridized carbons (Fsp3) is 0. The predicted octanol–water partition coefficient (Wildman–Crippen LogP) is 2.02. The fourth-order valence-electron chi connectivity index (χ4n) is 1.18. The lowest BCUT2D eigenvalue weighted by atomic mass is 10.2. The van der Waals surface area contributed by atoms with E-state index in [1.165, 1.54) is 6.20 Å². The van der Waals surface area contributed by atoms with E-state index in [1.54, 1.807) is 12.3 Å². The van der Waals surface area contributed by atoms with Crippen molar-refractivity contribution < 1.29 is 9.90 Å². The summed E-state index contributed by atoms with van der Waals surface area (Å²) in [6.07, 6.45) is 3.17. The molecule has 66 valence electrons. The lowest BCUT2D eigenvalue weighted by Crippen LogP contribution is -1.96. The quantitative estimate of drug-likeness (QED) is 0.750. The summed E-state index contributed by atoms with van der Waals surface area (Å²) in [6.45, 7) is 0. The summed E-state index contributed by atoms with van der Waals surface area (Å²) < 4.78 is 0.691. The van der Waals surface area contributed by atoms with E-state index in [0.717, 1.165) is 5.39 Å². The monoisotopic (exact) mass is 240 g/mol. The molecule has 0 spiro atoms. The Kier molecular flexibility index (Phi) is 1.81. The smallest absolute Gasteiger partial charge is 0.353 e. The summed E-state index contributed by atoms with van der Waals surface area (Å²) in [7, 11) is 0. The number of hydrogen-bond donors (Lipinski definition) is 2. The van der Waals surface area contributed by atoms with Crippen LogP contribution in [0.5, 0.6) is 0 Å². The highest BCUT2D eigenvalue weighted by molar-refractivity contribution is 9.10. The highest BCUT2D eigenvalue weighted by Crippen LogP contribution is 2.20. The van der Waals surface area contributed by atoms with Gasteiger partial charge in [0.2, 0.25) is 0 Å². The number of halogens is 1. The summed E-state index contributed by atoms with van der Waals surface area (Å²) in [5.41, 5.74) is 0.176. The molecule has 0 atom stereocenters. The van der Waals surface area contributed by atoms with Gasteiger partial charge in [-0.15, -0.1) is 0 Å². The fourth-order valence-corrected chi connectivity index (χ4v) is 1.53. The van der Waals surface area contributed by atoms with E-state index in [2.05, 4.69) is 25.9 Å². The van der Waals surface area contributed by atoms with Gasteiger partial charge < -0.3 is 10.1 Å². The van der Waals surface area contributed by atoms with Crippen LogP contribution in [-0.2, 0) is 0 Å². The summed E-state index contributed by atoms with van der Waals surface area (Å²) in [5, 5.41) is 10.2. The average molecular weight is 241 g/mol. The van der Waals surface area contributed by atoms with Crippen molar-refractivity contribution in [2.75, 3.05) is 0 Å². The second-order valence-electron chi connectivity index (χ2n) is 2.56. The molecule has 2 rings (SSSR count). The highest BCUT2D eigenvalue weighted by atomic mass is 79.9. The molecule has 0 radical (unpaired) electrons. The molecule has 5 heteroatoms. The number of carbonyl (C=O) groups is 1. The van der Waals surface area contributed by atoms with Crippen LogP contribution in [0.1, 0.15) is 10.5 Å². The number of nitrogens with zero attached hydrogens (tertiary/aromatic N) is 1. The lowest BCUT2D eigenvalue weighted by molar-refractivity contribution is 0.0693. The second-order valence-corrected chi connectivity index (χ2v) is 3.38. The van der Waals surface area contributed by atoms with Crippen molar-refractivity contribution in [2.45, 2.75) is 0 Å². The maximum absolute atomic E-state index is 10.7. The lowest BCUT2D eigenvalue weighted by Gasteiger charge is -1.91. The van der Waals surface area contributed by atoms with Crippen LogP contribution in [0.25, 0.3) is 10.8 Å². The molecule has 0 bridgehead atoms. The Morgan fingerprint density at radius 3 is 3.08 bits per heavy atom. The zero-order valence-corrected chi connectivity index (χ0v) is 8.00. The van der Waals surface area contributed by atoms with E-state index in [4.69, 9.17) is 5.11 Å². The Labute approximate surface area is 81.7 Å². The van der Waals surface area contributed by atoms with Gasteiger partial charge in [-0.05, 0) is 22.0 Å². The number of hydrogen-bond acceptors (Lipinski definition) is 2. The van der Waals surface area contributed by atoms with Crippen LogP contribution in [0.15, 0.2) is 23.1 Å². The minimum atomic E-state index is -0.973. The molecule has 2 heterocycles. The predicted molar refractivity (Wildman–Crippen MR) is 50.8 cm³/mol. The van der Waals surface area contributed by atoms with Crippen LogP contribution in [0.2, 0.25) is 0 Å². The van der Waals surface area contributed by atoms with Crippen molar-refractivity contribution in [1.29, 1.82) is 0 Å². The molecule has 13 heavy (non-hydrogen) atoms. The molecule has 0 saturated carbocycles. The van der Waals surface area contributed by atoms with Gasteiger partial charge in [0.25, 0.3) is 0 Å². The minimum Gasteiger partial charge on any atom is -0.477 e. The van der Waals surface area contributed by atoms with Crippen molar-refractivity contribution in [1.82, 2.24) is 9.97 Å². The highest BCUT2D eigenvalue weighted by Gasteiger charge is 2.10. The third-order valence-corrected chi connectivity index (χ3v) is 2.19. The second kappa shape index (κ2) is 2.85. The molecule has 0 unspecified atom stereocenters. The molecule has 0 aromatic carbocycles. The van der Waals surface area contributed by atoms with Gasteiger partial charge in [0.15, 0.2) is 0 Å². The van der Waals surface area contributed by atoms with E-state index in [1.807, 2.05) is 0 Å². The minimum absolute atomic E-state index is 0.176. The normalized spacial score (nSPS) is 10.5. The van der Waals surface area contributed by atoms with Gasteiger partial charge in [0.05, 0.1) is 0 Å². The standard InChI is InChI=1S/C8H5BrN2O2/c9-6-1-4-2-11-7(8(12)13)5(4)3-10-6/h1-3,11H,(H,12,13). The number of nitrogens with one attached hydrogen (secondary N) is 1. The van der Waals surface area contributed by atoms with E-state index in [-0.39, 0.29) is 5.69 Å². The van der Waals surface area contributed by atoms with Crippen molar-refractivity contribution in [3.8, 4) is 0 Å². The van der Waals surface area contributed by atoms with Gasteiger partial charge in [-0.1, -0.05) is 0 Å². The average Bonchev–Trinajstić information content (AvgIpc) is 2.46. The van der Waals surface area contributed by atoms with Crippen LogP contribution < -0.4 is 0 Å². The van der Waals surface area contributed by atoms with Crippen molar-refractivity contribution in [2.24, 2.45) is 0 Å². The van der Waals surface area contributed by atoms with Gasteiger partial charge in [0.1, 0.15) is 10.3 Å². The molecule has 2 N–H and O–H groups in total. The summed E-state index contributed by atoms with van der Waals surface area (Å²) in [4.78, 5) is 17.3. The number of fused-ring (bicyclic) bond motifs is 1. The van der Waals surface area contributed by atoms with Gasteiger partial charge in [-0.25, -0.2) is 9.78 Å². The number of pyridine rings is 1. The summed E-state index contributed by atoms with van der Waals surface area (Å²) in [5.74, 6) is -0.973. The Morgan fingerprint density at radius 1 is 1.62 bits per heavy atom. The van der Waals surface area contributed by atoms with Gasteiger partial charge >= 0.3 is 5.97 Å². The largest absolute Gasteiger partial charge is 0.477 e. The Balaban J connectivity index is 2.76. The first-order valence-corrected chi connectivity index (χ1v) is 4.33. The molecule has 2 aromatic heterocycles. The van der Waals surface area contributed by atoms with Crippen LogP contribution in [0.4, 0.5) is 0 Å². The Hall–Kier alpha value is -1.36. The molecule has 0 fully saturated rings. The molecule has 0 saturated heterocycles. The first-order valence-electron chi connectivity index (χ1n) is 3.54. The first kappa shape index (κ1) is 8.25. The zero-order chi connectivity index (χ0) is 9.42. The number of carboxylic acids is 1. The van der Waals surface area contributed by atoms with Gasteiger partial charge in [-0.3, -0.25) is 0 Å². The number of rotatable bonds is 1. The molecule has 0 aliphatic heterocycles. The van der Waals surface area contributed by atoms with E-state index in [9.17, 15) is 4.79 Å². The first-order chi connectivity index (χ1) is 6.18. The Morgan fingerprint density at radius 2 is 2.38 bits per heavy atom. The number of aromatic nitrogens is 2. The third kappa shape index (κ3) is 1.31. The van der Waals surface area contributed by atoms with E-state index >= 15 is 0 Å². The molecule has 2 aromatic rings. The molecular formula is C8H5BrN2O2. The van der Waals surface area contributed by atoms with Crippen molar-refractivity contribution in [3.05, 3.63) is 28.8 Å². The molecule has 0 amide bonds. The van der Waals surface area contributed by atoms with Crippen molar-refractivity contribution in [3.63, 3.8) is 0 Å². The number of aromatic carboxylic acids is 1. The zero-order valence-electron chi connectivity index (χ0n) is 6.41. The molecule has 0 aliphatic rings. The van der Waals surface area contributed by atoms with Crippen LogP contribution >= 0.6 is 15.9 Å². The van der Waals surface area contributed by atoms with Crippen LogP contribution in [0, 0.1) is 0 Å². The molecule has 0 aliphatic carbocycles. The maximum atomic E-state index is 10.7. The van der Waals surface area contributed by atoms with Gasteiger partial charge in [-0.2, -0.15) is 0 Å². The number of carboxylic acid groups (broad SMARTS) is 1. The number of H-pyrrole nitrogens is 1.